The Kier molecular flexibility index (Phi) is 3.89. The van der Waals surface area contributed by atoms with Crippen molar-refractivity contribution in [2.24, 2.45) is 5.41 Å². The Morgan fingerprint density at radius 3 is 2.28 bits per heavy atom. The quantitative estimate of drug-likeness (QED) is 0.806. The molecule has 0 aromatic carbocycles. The van der Waals surface area contributed by atoms with Gasteiger partial charge in [0.05, 0.1) is 20.3 Å². The Balaban J connectivity index is 2.00. The zero-order valence-electron chi connectivity index (χ0n) is 11.3. The van der Waals surface area contributed by atoms with Crippen LogP contribution in [0.2, 0.25) is 0 Å². The molecule has 100 valence electrons. The molecule has 0 amide bonds. The van der Waals surface area contributed by atoms with Gasteiger partial charge in [0.2, 0.25) is 17.7 Å². The average Bonchev–Trinajstić information content (AvgIpc) is 3.16. The largest absolute Gasteiger partial charge is 0.481 e. The minimum Gasteiger partial charge on any atom is -0.481 e. The van der Waals surface area contributed by atoms with E-state index >= 15 is 0 Å². The first-order chi connectivity index (χ1) is 8.71. The second-order valence-corrected chi connectivity index (χ2v) is 4.88. The summed E-state index contributed by atoms with van der Waals surface area (Å²) < 4.78 is 10.2. The van der Waals surface area contributed by atoms with Gasteiger partial charge in [-0.3, -0.25) is 0 Å². The van der Waals surface area contributed by atoms with Crippen LogP contribution in [0.25, 0.3) is 0 Å². The van der Waals surface area contributed by atoms with E-state index in [0.29, 0.717) is 23.1 Å². The summed E-state index contributed by atoms with van der Waals surface area (Å²) in [5, 5.41) is 3.30. The van der Waals surface area contributed by atoms with Crippen molar-refractivity contribution in [3.8, 4) is 11.8 Å². The Morgan fingerprint density at radius 2 is 1.83 bits per heavy atom. The lowest BCUT2D eigenvalue weighted by atomic mass is 10.0. The molecule has 0 atom stereocenters. The fraction of sp³-hybridized carbons (Fsp3) is 0.692. The van der Waals surface area contributed by atoms with E-state index in [1.807, 2.05) is 0 Å². The van der Waals surface area contributed by atoms with Gasteiger partial charge in [0.1, 0.15) is 0 Å². The van der Waals surface area contributed by atoms with Gasteiger partial charge in [-0.15, -0.1) is 0 Å². The predicted molar refractivity (Wildman–Crippen MR) is 70.2 cm³/mol. The van der Waals surface area contributed by atoms with E-state index < -0.39 is 0 Å². The zero-order valence-corrected chi connectivity index (χ0v) is 11.3. The molecule has 0 spiro atoms. The van der Waals surface area contributed by atoms with Gasteiger partial charge in [0.15, 0.2) is 0 Å². The lowest BCUT2D eigenvalue weighted by Crippen LogP contribution is -2.17. The highest BCUT2D eigenvalue weighted by molar-refractivity contribution is 5.34. The smallest absolute Gasteiger partial charge is 0.229 e. The summed E-state index contributed by atoms with van der Waals surface area (Å²) >= 11 is 0. The highest BCUT2D eigenvalue weighted by Crippen LogP contribution is 2.49. The van der Waals surface area contributed by atoms with E-state index in [9.17, 15) is 0 Å². The van der Waals surface area contributed by atoms with Gasteiger partial charge < -0.3 is 14.8 Å². The average molecular weight is 251 g/mol. The molecular weight excluding hydrogens is 230 g/mol. The minimum atomic E-state index is 0.467. The van der Waals surface area contributed by atoms with Gasteiger partial charge in [-0.05, 0) is 24.7 Å². The first-order valence-electron chi connectivity index (χ1n) is 6.42. The van der Waals surface area contributed by atoms with E-state index in [-0.39, 0.29) is 0 Å². The number of anilines is 1. The third kappa shape index (κ3) is 3.03. The normalized spacial score (nSPS) is 16.2. The second-order valence-electron chi connectivity index (χ2n) is 4.88. The number of hydrogen-bond acceptors (Lipinski definition) is 5. The third-order valence-corrected chi connectivity index (χ3v) is 3.46. The highest BCUT2D eigenvalue weighted by Gasteiger charge is 2.41. The van der Waals surface area contributed by atoms with Crippen molar-refractivity contribution < 1.29 is 9.47 Å². The maximum Gasteiger partial charge on any atom is 0.229 e. The Morgan fingerprint density at radius 1 is 1.22 bits per heavy atom. The fourth-order valence-corrected chi connectivity index (χ4v) is 2.18. The number of ether oxygens (including phenoxy) is 2. The molecule has 1 fully saturated rings. The number of nitrogens with one attached hydrogen (secondary N) is 1. The predicted octanol–water partition coefficient (Wildman–Crippen LogP) is 2.49. The molecule has 1 aromatic rings. The van der Waals surface area contributed by atoms with Crippen LogP contribution in [0.3, 0.4) is 0 Å². The Bertz CT molecular complexity index is 383. The van der Waals surface area contributed by atoms with Gasteiger partial charge >= 0.3 is 0 Å². The lowest BCUT2D eigenvalue weighted by molar-refractivity contribution is 0.372. The molecule has 5 nitrogen and oxygen atoms in total. The van der Waals surface area contributed by atoms with Gasteiger partial charge in [0, 0.05) is 6.54 Å². The summed E-state index contributed by atoms with van der Waals surface area (Å²) in [6, 6.07) is 1.67. The van der Waals surface area contributed by atoms with Crippen molar-refractivity contribution in [2.75, 3.05) is 26.1 Å². The number of aromatic nitrogens is 2. The van der Waals surface area contributed by atoms with Crippen LogP contribution in [-0.2, 0) is 0 Å². The van der Waals surface area contributed by atoms with Crippen LogP contribution >= 0.6 is 0 Å². The maximum atomic E-state index is 5.12. The molecule has 2 rings (SSSR count). The van der Waals surface area contributed by atoms with Crippen molar-refractivity contribution in [2.45, 2.75) is 32.6 Å². The molecule has 1 aliphatic rings. The maximum absolute atomic E-state index is 5.12. The van der Waals surface area contributed by atoms with Crippen molar-refractivity contribution >= 4 is 5.95 Å². The summed E-state index contributed by atoms with van der Waals surface area (Å²) in [5.74, 6) is 1.61. The summed E-state index contributed by atoms with van der Waals surface area (Å²) in [5.41, 5.74) is 0.467. The third-order valence-electron chi connectivity index (χ3n) is 3.46. The standard InChI is InChI=1S/C13H21N3O2/c1-4-5-13(6-7-13)9-14-12-15-10(17-2)8-11(16-12)18-3/h8H,4-7,9H2,1-3H3,(H,14,15,16). The van der Waals surface area contributed by atoms with Crippen molar-refractivity contribution in [3.05, 3.63) is 6.07 Å². The first kappa shape index (κ1) is 12.9. The van der Waals surface area contributed by atoms with E-state index in [2.05, 4.69) is 22.2 Å². The summed E-state index contributed by atoms with van der Waals surface area (Å²) in [4.78, 5) is 8.53. The lowest BCUT2D eigenvalue weighted by Gasteiger charge is -2.15. The van der Waals surface area contributed by atoms with Crippen LogP contribution in [0.4, 0.5) is 5.95 Å². The SMILES string of the molecule is CCCC1(CNc2nc(OC)cc(OC)n2)CC1. The molecule has 5 heteroatoms. The number of nitrogens with zero attached hydrogens (tertiary/aromatic N) is 2. The Labute approximate surface area is 108 Å². The van der Waals surface area contributed by atoms with Crippen LogP contribution in [0.1, 0.15) is 32.6 Å². The number of rotatable bonds is 7. The molecule has 1 saturated carbocycles. The van der Waals surface area contributed by atoms with Crippen molar-refractivity contribution in [3.63, 3.8) is 0 Å². The molecule has 1 aromatic heterocycles. The molecule has 1 N–H and O–H groups in total. The molecule has 0 unspecified atom stereocenters. The van der Waals surface area contributed by atoms with E-state index in [1.54, 1.807) is 20.3 Å². The van der Waals surface area contributed by atoms with Crippen LogP contribution in [0.15, 0.2) is 6.07 Å². The van der Waals surface area contributed by atoms with Gasteiger partial charge in [-0.1, -0.05) is 13.3 Å². The second kappa shape index (κ2) is 5.42. The molecule has 0 saturated heterocycles. The first-order valence-corrected chi connectivity index (χ1v) is 6.42. The van der Waals surface area contributed by atoms with E-state index in [0.717, 1.165) is 6.54 Å². The fourth-order valence-electron chi connectivity index (χ4n) is 2.18. The summed E-state index contributed by atoms with van der Waals surface area (Å²) in [7, 11) is 3.18. The molecule has 1 heterocycles. The zero-order chi connectivity index (χ0) is 13.0. The Hall–Kier alpha value is -1.52. The number of hydrogen-bond donors (Lipinski definition) is 1. The van der Waals surface area contributed by atoms with E-state index in [4.69, 9.17) is 9.47 Å². The molecule has 18 heavy (non-hydrogen) atoms. The minimum absolute atomic E-state index is 0.467. The number of methoxy groups -OCH3 is 2. The highest BCUT2D eigenvalue weighted by atomic mass is 16.5. The van der Waals surface area contributed by atoms with Crippen LogP contribution in [0.5, 0.6) is 11.8 Å². The summed E-state index contributed by atoms with van der Waals surface area (Å²) in [6.07, 6.45) is 5.09. The topological polar surface area (TPSA) is 56.3 Å². The van der Waals surface area contributed by atoms with Crippen molar-refractivity contribution in [1.82, 2.24) is 9.97 Å². The van der Waals surface area contributed by atoms with Crippen LogP contribution in [0, 0.1) is 5.41 Å². The van der Waals surface area contributed by atoms with Gasteiger partial charge in [-0.2, -0.15) is 9.97 Å². The molecule has 1 aliphatic carbocycles. The van der Waals surface area contributed by atoms with E-state index in [1.165, 1.54) is 25.7 Å². The van der Waals surface area contributed by atoms with Gasteiger partial charge in [0.25, 0.3) is 0 Å². The van der Waals surface area contributed by atoms with Crippen LogP contribution < -0.4 is 14.8 Å². The van der Waals surface area contributed by atoms with Crippen molar-refractivity contribution in [1.29, 1.82) is 0 Å². The monoisotopic (exact) mass is 251 g/mol. The van der Waals surface area contributed by atoms with Gasteiger partial charge in [-0.25, -0.2) is 0 Å². The van der Waals surface area contributed by atoms with Crippen LogP contribution in [-0.4, -0.2) is 30.7 Å². The molecule has 0 radical (unpaired) electrons. The molecular formula is C13H21N3O2. The molecule has 0 bridgehead atoms. The molecule has 0 aliphatic heterocycles. The summed E-state index contributed by atoms with van der Waals surface area (Å²) in [6.45, 7) is 3.16.